The zero-order valence-electron chi connectivity index (χ0n) is 71.0. The SMILES string of the molecule is CC(C)(C)OC(Cc1ccc(C(F)(F)F)cc1)(C(=O)O)C1=NCN=N1.CC(C)(C)OC(Cc1ccc(OC(F)(F)F)cc1)(C(=O)O)C1=NCN=N1.CC(C)(C)OC(Cc1cccnc1)(C(=O)O)C1=NCN=N1.CCOC(=O)C(Cc1ccc(C(=O)OC)cc1)(OC(C)(C)C)C1=NCN=N1.CCOC(=O)C(Cc1ccccc1)(OC(C)(C)C)C1=NCN=N1. The Hall–Kier alpha value is -11.6. The van der Waals surface area contributed by atoms with Crippen LogP contribution >= 0.6 is 0 Å². The molecule has 4 aromatic carbocycles. The van der Waals surface area contributed by atoms with Gasteiger partial charge < -0.3 is 58.0 Å². The number of azo groups is 5. The first-order valence-corrected chi connectivity index (χ1v) is 38.1. The van der Waals surface area contributed by atoms with Gasteiger partial charge in [0.05, 0.1) is 59.5 Å². The maximum absolute atomic E-state index is 13.0. The van der Waals surface area contributed by atoms with Gasteiger partial charge >= 0.3 is 48.4 Å². The number of benzene rings is 4. The van der Waals surface area contributed by atoms with Crippen LogP contribution in [0.15, 0.2) is 204 Å². The molecule has 5 aliphatic rings. The number of carbonyl (C=O) groups excluding carboxylic acids is 3. The number of ether oxygens (including phenoxy) is 9. The van der Waals surface area contributed by atoms with Gasteiger partial charge in [-0.25, -0.2) is 53.7 Å². The standard InChI is InChI=1S/C19H25N3O5.C17H23N3O3.C16H18F3N3O4.C16H18F3N3O3.C14H18N4O3/c1-6-26-17(24)19(27-18(2,3)4,16-20-12-21-22-16)11-13-7-9-14(10-8-13)15(23)25-5;1-5-22-15(21)17(23-16(2,3)4,14-18-12-19-20-14)11-13-9-7-6-8-10-13;1-14(2,3)26-15(13(23)24,12-20-9-21-22-12)8-10-4-6-11(7-5-10)25-16(17,18)19;1-14(2,3)25-15(13(23)24,12-20-9-21-22-12)8-10-4-6-11(7-5-10)16(17,18)19;1-13(2,3)21-14(12(19)20,11-16-9-17-18-11)7-10-5-4-6-15-8-10/h7-10H,6,11-12H2,1-5H3;6-10H,5,11-12H2,1-4H3;4-7H,8-9H2,1-3H3,(H,23,24);4-7H,8-9H2,1-3H3,(H,23,24);4-6,8H,7,9H2,1-3H3,(H,19,20). The van der Waals surface area contributed by atoms with E-state index in [1.807, 2.05) is 71.9 Å². The Morgan fingerprint density at radius 3 is 0.926 bits per heavy atom. The molecule has 0 fully saturated rings. The molecule has 6 heterocycles. The molecule has 5 aliphatic heterocycles. The van der Waals surface area contributed by atoms with E-state index in [-0.39, 0.29) is 101 Å². The number of hydrogen-bond acceptors (Lipinski definition) is 31. The van der Waals surface area contributed by atoms with E-state index < -0.39 is 116 Å². The summed E-state index contributed by atoms with van der Waals surface area (Å²) in [5, 5.41) is 67.7. The number of hydrogen-bond donors (Lipinski definition) is 3. The number of esters is 3. The number of rotatable bonds is 29. The Labute approximate surface area is 700 Å². The Balaban J connectivity index is 0.000000237. The van der Waals surface area contributed by atoms with Gasteiger partial charge in [0.15, 0.2) is 62.5 Å². The van der Waals surface area contributed by atoms with Gasteiger partial charge in [-0.3, -0.25) is 4.98 Å². The fraction of sp³-hybridized carbons (Fsp3) is 0.512. The Kier molecular flexibility index (Phi) is 34.0. The summed E-state index contributed by atoms with van der Waals surface area (Å²) in [7, 11) is 1.32. The summed E-state index contributed by atoms with van der Waals surface area (Å²) in [6.07, 6.45) is -5.93. The smallest absolute Gasteiger partial charge is 0.479 e. The molecule has 0 bridgehead atoms. The van der Waals surface area contributed by atoms with E-state index >= 15 is 0 Å². The van der Waals surface area contributed by atoms with Crippen molar-refractivity contribution in [3.63, 3.8) is 0 Å². The molecule has 122 heavy (non-hydrogen) atoms. The van der Waals surface area contributed by atoms with E-state index in [9.17, 15) is 70.4 Å². The maximum atomic E-state index is 13.0. The first kappa shape index (κ1) is 99.2. The first-order chi connectivity index (χ1) is 56.8. The minimum Gasteiger partial charge on any atom is -0.479 e. The van der Waals surface area contributed by atoms with E-state index in [4.69, 9.17) is 37.9 Å². The van der Waals surface area contributed by atoms with Gasteiger partial charge in [-0.2, -0.15) is 38.7 Å². The van der Waals surface area contributed by atoms with Crippen molar-refractivity contribution in [2.24, 2.45) is 76.1 Å². The zero-order valence-corrected chi connectivity index (χ0v) is 71.0. The van der Waals surface area contributed by atoms with Crippen LogP contribution in [0.4, 0.5) is 26.3 Å². The van der Waals surface area contributed by atoms with Crippen molar-refractivity contribution in [3.05, 3.63) is 167 Å². The van der Waals surface area contributed by atoms with Gasteiger partial charge in [-0.15, -0.1) is 38.7 Å². The van der Waals surface area contributed by atoms with E-state index in [1.165, 1.54) is 31.4 Å². The van der Waals surface area contributed by atoms with E-state index in [1.54, 1.807) is 125 Å². The lowest BCUT2D eigenvalue weighted by atomic mass is 9.91. The highest BCUT2D eigenvalue weighted by molar-refractivity contribution is 6.12. The molecule has 660 valence electrons. The molecule has 0 spiro atoms. The lowest BCUT2D eigenvalue weighted by Gasteiger charge is -2.36. The van der Waals surface area contributed by atoms with Crippen molar-refractivity contribution in [1.29, 1.82) is 0 Å². The lowest BCUT2D eigenvalue weighted by Crippen LogP contribution is -2.54. The number of alkyl halides is 6. The quantitative estimate of drug-likeness (QED) is 0.0227. The van der Waals surface area contributed by atoms with Gasteiger partial charge in [0, 0.05) is 44.5 Å². The molecule has 5 atom stereocenters. The molecule has 0 saturated carbocycles. The molecule has 5 unspecified atom stereocenters. The van der Waals surface area contributed by atoms with Crippen molar-refractivity contribution in [3.8, 4) is 5.75 Å². The third kappa shape index (κ3) is 29.1. The molecule has 0 radical (unpaired) electrons. The van der Waals surface area contributed by atoms with Gasteiger partial charge in [-0.05, 0) is 188 Å². The van der Waals surface area contributed by atoms with Gasteiger partial charge in [0.2, 0.25) is 28.0 Å². The molecule has 10 rings (SSSR count). The number of halogens is 6. The van der Waals surface area contributed by atoms with E-state index in [0.29, 0.717) is 23.1 Å². The maximum Gasteiger partial charge on any atom is 0.573 e. The number of carboxylic acids is 3. The molecular weight excluding hydrogens is 1610 g/mol. The summed E-state index contributed by atoms with van der Waals surface area (Å²) in [4.78, 5) is 97.9. The van der Waals surface area contributed by atoms with Gasteiger partial charge in [-0.1, -0.05) is 72.8 Å². The topological polar surface area (TPSA) is 444 Å². The number of aliphatic imine (C=N–C) groups is 5. The average molecular weight is 1710 g/mol. The summed E-state index contributed by atoms with van der Waals surface area (Å²) in [5.74, 6) is -5.32. The molecule has 40 heteroatoms. The second kappa shape index (κ2) is 41.8. The van der Waals surface area contributed by atoms with Gasteiger partial charge in [0.1, 0.15) is 5.75 Å². The molecule has 0 aliphatic carbocycles. The number of carbonyl (C=O) groups is 6. The third-order valence-electron chi connectivity index (χ3n) is 16.3. The number of methoxy groups -OCH3 is 1. The predicted octanol–water partition coefficient (Wildman–Crippen LogP) is 15.5. The van der Waals surface area contributed by atoms with Crippen LogP contribution in [0.2, 0.25) is 0 Å². The number of nitrogens with zero attached hydrogens (tertiary/aromatic N) is 16. The number of pyridine rings is 1. The fourth-order valence-corrected chi connectivity index (χ4v) is 12.2. The largest absolute Gasteiger partial charge is 0.573 e. The van der Waals surface area contributed by atoms with Crippen LogP contribution in [-0.2, 0) is 100 Å². The zero-order chi connectivity index (χ0) is 91.0. The summed E-state index contributed by atoms with van der Waals surface area (Å²) in [6.45, 7) is 31.0. The van der Waals surface area contributed by atoms with Crippen molar-refractivity contribution in [1.82, 2.24) is 4.98 Å². The number of amidine groups is 5. The van der Waals surface area contributed by atoms with Crippen LogP contribution < -0.4 is 4.74 Å². The Morgan fingerprint density at radius 2 is 0.656 bits per heavy atom. The van der Waals surface area contributed by atoms with Crippen LogP contribution in [0, 0.1) is 0 Å². The molecule has 1 aromatic heterocycles. The monoisotopic (exact) mass is 1710 g/mol. The van der Waals surface area contributed by atoms with Crippen molar-refractivity contribution in [2.45, 2.75) is 218 Å². The van der Waals surface area contributed by atoms with Gasteiger partial charge in [0.25, 0.3) is 0 Å². The highest BCUT2D eigenvalue weighted by atomic mass is 19.4. The first-order valence-electron chi connectivity index (χ1n) is 38.1. The van der Waals surface area contributed by atoms with Crippen LogP contribution in [0.1, 0.15) is 161 Å². The van der Waals surface area contributed by atoms with Crippen LogP contribution in [0.5, 0.6) is 5.75 Å². The minimum atomic E-state index is -4.80. The van der Waals surface area contributed by atoms with Crippen molar-refractivity contribution in [2.75, 3.05) is 53.7 Å². The normalized spacial score (nSPS) is 16.8. The second-order valence-corrected chi connectivity index (χ2v) is 32.2. The second-order valence-electron chi connectivity index (χ2n) is 32.2. The highest BCUT2D eigenvalue weighted by Crippen LogP contribution is 2.38. The third-order valence-corrected chi connectivity index (χ3v) is 16.3. The summed E-state index contributed by atoms with van der Waals surface area (Å²) in [5.41, 5.74) is -9.27. The van der Waals surface area contributed by atoms with E-state index in [0.717, 1.165) is 41.0 Å². The predicted molar refractivity (Wildman–Crippen MR) is 431 cm³/mol. The lowest BCUT2D eigenvalue weighted by molar-refractivity contribution is -0.274. The summed E-state index contributed by atoms with van der Waals surface area (Å²) < 4.78 is 124. The molecule has 0 saturated heterocycles. The van der Waals surface area contributed by atoms with Crippen molar-refractivity contribution < 1.29 is 113 Å². The molecule has 5 aromatic rings. The molecular formula is C82H102F6N16O18. The van der Waals surface area contributed by atoms with Crippen LogP contribution in [0.3, 0.4) is 0 Å². The fourth-order valence-electron chi connectivity index (χ4n) is 12.2. The van der Waals surface area contributed by atoms with Crippen molar-refractivity contribution >= 4 is 65.0 Å². The average Bonchev–Trinajstić information content (AvgIpc) is 1.40. The summed E-state index contributed by atoms with van der Waals surface area (Å²) in [6, 6.07) is 29.0. The number of aliphatic carboxylic acids is 3. The van der Waals surface area contributed by atoms with Crippen LogP contribution in [0.25, 0.3) is 0 Å². The Bertz CT molecular complexity index is 4750. The number of aromatic nitrogens is 1. The summed E-state index contributed by atoms with van der Waals surface area (Å²) >= 11 is 0. The van der Waals surface area contributed by atoms with Crippen LogP contribution in [-0.4, -0.2) is 201 Å². The molecule has 3 N–H and O–H groups in total. The highest BCUT2D eigenvalue weighted by Gasteiger charge is 2.55. The Morgan fingerprint density at radius 1 is 0.369 bits per heavy atom. The minimum absolute atomic E-state index is 0.00374. The van der Waals surface area contributed by atoms with E-state index in [2.05, 4.69) is 85.8 Å². The molecule has 0 amide bonds. The molecule has 34 nitrogen and oxygen atoms in total. The number of carboxylic acid groups (broad SMARTS) is 3.